The van der Waals surface area contributed by atoms with E-state index in [4.69, 9.17) is 5.73 Å². The van der Waals surface area contributed by atoms with Gasteiger partial charge >= 0.3 is 0 Å². The molecule has 122 valence electrons. The summed E-state index contributed by atoms with van der Waals surface area (Å²) in [4.78, 5) is 15.1. The van der Waals surface area contributed by atoms with E-state index >= 15 is 0 Å². The lowest BCUT2D eigenvalue weighted by atomic mass is 9.96. The van der Waals surface area contributed by atoms with E-state index in [1.807, 2.05) is 25.1 Å². The monoisotopic (exact) mass is 303 g/mol. The zero-order chi connectivity index (χ0) is 16.1. The molecule has 1 aliphatic rings. The summed E-state index contributed by atoms with van der Waals surface area (Å²) in [6, 6.07) is 6.19. The van der Waals surface area contributed by atoms with Crippen molar-refractivity contribution >= 4 is 17.3 Å². The summed E-state index contributed by atoms with van der Waals surface area (Å²) in [5, 5.41) is 3.04. The topological polar surface area (TPSA) is 58.4 Å². The van der Waals surface area contributed by atoms with Gasteiger partial charge in [0.25, 0.3) is 0 Å². The molecule has 1 aromatic carbocycles. The first-order valence-corrected chi connectivity index (χ1v) is 8.49. The van der Waals surface area contributed by atoms with E-state index in [0.717, 1.165) is 36.3 Å². The number of carbonyl (C=O) groups is 1. The second-order valence-corrected chi connectivity index (χ2v) is 6.28. The van der Waals surface area contributed by atoms with Crippen LogP contribution in [-0.2, 0) is 4.79 Å². The highest BCUT2D eigenvalue weighted by Gasteiger charge is 2.31. The number of nitrogen functional groups attached to an aromatic ring is 1. The maximum absolute atomic E-state index is 12.7. The van der Waals surface area contributed by atoms with Crippen LogP contribution in [0.4, 0.5) is 11.4 Å². The maximum atomic E-state index is 12.7. The maximum Gasteiger partial charge on any atom is 0.241 e. The molecular formula is C18H29N3O. The molecule has 0 saturated carbocycles. The van der Waals surface area contributed by atoms with Crippen LogP contribution in [0.5, 0.6) is 0 Å². The minimum Gasteiger partial charge on any atom is -0.398 e. The highest BCUT2D eigenvalue weighted by molar-refractivity contribution is 5.95. The third-order valence-corrected chi connectivity index (χ3v) is 4.78. The number of rotatable bonds is 5. The number of hydrogen-bond acceptors (Lipinski definition) is 3. The summed E-state index contributed by atoms with van der Waals surface area (Å²) in [7, 11) is 0. The number of carbonyl (C=O) groups excluding carboxylic acids is 1. The molecule has 4 heteroatoms. The smallest absolute Gasteiger partial charge is 0.241 e. The van der Waals surface area contributed by atoms with E-state index in [1.165, 1.54) is 19.3 Å². The first-order valence-electron chi connectivity index (χ1n) is 8.49. The standard InChI is InChI=1S/C18H29N3O/c1-4-15-8-6-7-11-21(15)17(5-2)18(22)20-14-10-9-13(3)16(19)12-14/h9-10,12,15,17H,4-8,11,19H2,1-3H3,(H,20,22). The average Bonchev–Trinajstić information content (AvgIpc) is 2.52. The van der Waals surface area contributed by atoms with Crippen LogP contribution in [0.25, 0.3) is 0 Å². The number of piperidine rings is 1. The molecule has 2 rings (SSSR count). The van der Waals surface area contributed by atoms with Crippen molar-refractivity contribution < 1.29 is 4.79 Å². The number of nitrogens with zero attached hydrogens (tertiary/aromatic N) is 1. The minimum atomic E-state index is -0.0484. The lowest BCUT2D eigenvalue weighted by Crippen LogP contribution is -2.51. The Morgan fingerprint density at radius 2 is 2.18 bits per heavy atom. The zero-order valence-electron chi connectivity index (χ0n) is 14.1. The van der Waals surface area contributed by atoms with Crippen molar-refractivity contribution in [2.75, 3.05) is 17.6 Å². The molecule has 1 aliphatic heterocycles. The van der Waals surface area contributed by atoms with Crippen molar-refractivity contribution in [2.24, 2.45) is 0 Å². The van der Waals surface area contributed by atoms with Gasteiger partial charge in [0.2, 0.25) is 5.91 Å². The third kappa shape index (κ3) is 3.80. The van der Waals surface area contributed by atoms with Crippen molar-refractivity contribution in [3.05, 3.63) is 23.8 Å². The fourth-order valence-corrected chi connectivity index (χ4v) is 3.39. The molecule has 0 radical (unpaired) electrons. The van der Waals surface area contributed by atoms with Gasteiger partial charge in [-0.2, -0.15) is 0 Å². The molecule has 1 aromatic rings. The molecule has 3 N–H and O–H groups in total. The van der Waals surface area contributed by atoms with Crippen molar-refractivity contribution in [1.82, 2.24) is 4.90 Å². The third-order valence-electron chi connectivity index (χ3n) is 4.78. The molecule has 1 heterocycles. The van der Waals surface area contributed by atoms with E-state index in [0.29, 0.717) is 6.04 Å². The van der Waals surface area contributed by atoms with Gasteiger partial charge in [0, 0.05) is 17.4 Å². The second kappa shape index (κ2) is 7.63. The highest BCUT2D eigenvalue weighted by Crippen LogP contribution is 2.24. The van der Waals surface area contributed by atoms with Crippen LogP contribution < -0.4 is 11.1 Å². The quantitative estimate of drug-likeness (QED) is 0.818. The van der Waals surface area contributed by atoms with Crippen molar-refractivity contribution in [3.8, 4) is 0 Å². The molecule has 2 unspecified atom stereocenters. The molecule has 1 saturated heterocycles. The van der Waals surface area contributed by atoms with Gasteiger partial charge in [-0.3, -0.25) is 9.69 Å². The molecular weight excluding hydrogens is 274 g/mol. The Morgan fingerprint density at radius 1 is 1.41 bits per heavy atom. The fourth-order valence-electron chi connectivity index (χ4n) is 3.39. The Bertz CT molecular complexity index is 515. The molecule has 0 spiro atoms. The van der Waals surface area contributed by atoms with E-state index < -0.39 is 0 Å². The number of amides is 1. The summed E-state index contributed by atoms with van der Waals surface area (Å²) in [6.07, 6.45) is 5.63. The molecule has 0 bridgehead atoms. The van der Waals surface area contributed by atoms with Crippen LogP contribution in [-0.4, -0.2) is 29.4 Å². The number of nitrogens with one attached hydrogen (secondary N) is 1. The van der Waals surface area contributed by atoms with Gasteiger partial charge in [-0.25, -0.2) is 0 Å². The van der Waals surface area contributed by atoms with Crippen LogP contribution >= 0.6 is 0 Å². The predicted molar refractivity (Wildman–Crippen MR) is 92.9 cm³/mol. The SMILES string of the molecule is CCC1CCCCN1C(CC)C(=O)Nc1ccc(C)c(N)c1. The average molecular weight is 303 g/mol. The molecule has 4 nitrogen and oxygen atoms in total. The van der Waals surface area contributed by atoms with Gasteiger partial charge in [0.05, 0.1) is 6.04 Å². The Kier molecular flexibility index (Phi) is 5.83. The Labute approximate surface area is 134 Å². The number of likely N-dealkylation sites (tertiary alicyclic amines) is 1. The zero-order valence-corrected chi connectivity index (χ0v) is 14.1. The normalized spacial score (nSPS) is 20.6. The molecule has 2 atom stereocenters. The molecule has 1 fully saturated rings. The molecule has 0 aliphatic carbocycles. The highest BCUT2D eigenvalue weighted by atomic mass is 16.2. The van der Waals surface area contributed by atoms with Gasteiger partial charge in [0.15, 0.2) is 0 Å². The Morgan fingerprint density at radius 3 is 2.82 bits per heavy atom. The second-order valence-electron chi connectivity index (χ2n) is 6.28. The van der Waals surface area contributed by atoms with Crippen LogP contribution in [0, 0.1) is 6.92 Å². The summed E-state index contributed by atoms with van der Waals surface area (Å²) < 4.78 is 0. The van der Waals surface area contributed by atoms with Crippen molar-refractivity contribution in [1.29, 1.82) is 0 Å². The van der Waals surface area contributed by atoms with E-state index in [-0.39, 0.29) is 11.9 Å². The van der Waals surface area contributed by atoms with Gasteiger partial charge in [-0.05, 0) is 56.8 Å². The van der Waals surface area contributed by atoms with Gasteiger partial charge in [-0.1, -0.05) is 26.3 Å². The van der Waals surface area contributed by atoms with E-state index in [1.54, 1.807) is 0 Å². The van der Waals surface area contributed by atoms with Gasteiger partial charge in [0.1, 0.15) is 0 Å². The predicted octanol–water partition coefficient (Wildman–Crippen LogP) is 3.56. The summed E-state index contributed by atoms with van der Waals surface area (Å²) in [6.45, 7) is 7.30. The van der Waals surface area contributed by atoms with Crippen LogP contribution in [0.3, 0.4) is 0 Å². The van der Waals surface area contributed by atoms with Gasteiger partial charge < -0.3 is 11.1 Å². The van der Waals surface area contributed by atoms with Gasteiger partial charge in [-0.15, -0.1) is 0 Å². The van der Waals surface area contributed by atoms with Crippen molar-refractivity contribution in [2.45, 2.75) is 65.0 Å². The molecule has 0 aromatic heterocycles. The van der Waals surface area contributed by atoms with Crippen molar-refractivity contribution in [3.63, 3.8) is 0 Å². The number of hydrogen-bond donors (Lipinski definition) is 2. The lowest BCUT2D eigenvalue weighted by Gasteiger charge is -2.40. The minimum absolute atomic E-state index is 0.0484. The largest absolute Gasteiger partial charge is 0.398 e. The summed E-state index contributed by atoms with van der Waals surface area (Å²) >= 11 is 0. The Balaban J connectivity index is 2.09. The number of anilines is 2. The van der Waals surface area contributed by atoms with E-state index in [2.05, 4.69) is 24.1 Å². The summed E-state index contributed by atoms with van der Waals surface area (Å²) in [5.74, 6) is 0.0890. The lowest BCUT2D eigenvalue weighted by molar-refractivity contribution is -0.123. The molecule has 1 amide bonds. The van der Waals surface area contributed by atoms with Crippen LogP contribution in [0.15, 0.2) is 18.2 Å². The number of aryl methyl sites for hydroxylation is 1. The van der Waals surface area contributed by atoms with E-state index in [9.17, 15) is 4.79 Å². The first kappa shape index (κ1) is 16.8. The summed E-state index contributed by atoms with van der Waals surface area (Å²) in [5.41, 5.74) is 8.47. The number of benzene rings is 1. The molecule has 22 heavy (non-hydrogen) atoms. The first-order chi connectivity index (χ1) is 10.6. The Hall–Kier alpha value is -1.55. The fraction of sp³-hybridized carbons (Fsp3) is 0.611. The van der Waals surface area contributed by atoms with Crippen LogP contribution in [0.1, 0.15) is 51.5 Å². The van der Waals surface area contributed by atoms with Crippen LogP contribution in [0.2, 0.25) is 0 Å². The number of nitrogens with two attached hydrogens (primary N) is 1.